The molecule has 1 aliphatic carbocycles. The van der Waals surface area contributed by atoms with Crippen molar-refractivity contribution >= 4 is 17.6 Å². The quantitative estimate of drug-likeness (QED) is 0.772. The highest BCUT2D eigenvalue weighted by Crippen LogP contribution is 2.27. The van der Waals surface area contributed by atoms with E-state index in [1.807, 2.05) is 0 Å². The summed E-state index contributed by atoms with van der Waals surface area (Å²) < 4.78 is 0. The van der Waals surface area contributed by atoms with Gasteiger partial charge < -0.3 is 16.2 Å². The molecule has 0 spiro atoms. The van der Waals surface area contributed by atoms with E-state index in [1.165, 1.54) is 0 Å². The second-order valence-electron chi connectivity index (χ2n) is 4.92. The van der Waals surface area contributed by atoms with E-state index >= 15 is 0 Å². The first-order valence-electron chi connectivity index (χ1n) is 6.47. The molecule has 2 unspecified atom stereocenters. The number of benzene rings is 1. The smallest absolute Gasteiger partial charge is 0.308 e. The fourth-order valence-electron chi connectivity index (χ4n) is 2.54. The normalized spacial score (nSPS) is 22.7. The van der Waals surface area contributed by atoms with Crippen LogP contribution in [0.15, 0.2) is 24.3 Å². The van der Waals surface area contributed by atoms with E-state index in [0.29, 0.717) is 12.0 Å². The number of carboxylic acid groups (broad SMARTS) is 1. The lowest BCUT2D eigenvalue weighted by atomic mass is 9.84. The maximum absolute atomic E-state index is 11.2. The predicted molar refractivity (Wildman–Crippen MR) is 72.0 cm³/mol. The van der Waals surface area contributed by atoms with Gasteiger partial charge in [0.25, 0.3) is 0 Å². The van der Waals surface area contributed by atoms with Gasteiger partial charge in [0.2, 0.25) is 5.91 Å². The average molecular weight is 262 g/mol. The van der Waals surface area contributed by atoms with Crippen molar-refractivity contribution in [3.05, 3.63) is 29.8 Å². The Bertz CT molecular complexity index is 470. The molecule has 1 aromatic carbocycles. The molecule has 0 aliphatic heterocycles. The van der Waals surface area contributed by atoms with Crippen molar-refractivity contribution in [2.24, 2.45) is 11.7 Å². The minimum atomic E-state index is -0.744. The van der Waals surface area contributed by atoms with Crippen LogP contribution in [0.25, 0.3) is 0 Å². The molecule has 0 radical (unpaired) electrons. The van der Waals surface area contributed by atoms with Gasteiger partial charge in [-0.05, 0) is 37.1 Å². The number of carboxylic acids is 1. The van der Waals surface area contributed by atoms with Gasteiger partial charge in [-0.1, -0.05) is 12.8 Å². The summed E-state index contributed by atoms with van der Waals surface area (Å²) in [6.45, 7) is 0. The molecule has 1 aliphatic rings. The molecule has 4 N–H and O–H groups in total. The van der Waals surface area contributed by atoms with Crippen LogP contribution in [0.2, 0.25) is 0 Å². The molecule has 1 aromatic rings. The second-order valence-corrected chi connectivity index (χ2v) is 4.92. The highest BCUT2D eigenvalue weighted by molar-refractivity contribution is 5.93. The van der Waals surface area contributed by atoms with Gasteiger partial charge >= 0.3 is 5.97 Å². The van der Waals surface area contributed by atoms with Gasteiger partial charge in [-0.15, -0.1) is 0 Å². The zero-order valence-corrected chi connectivity index (χ0v) is 10.6. The Labute approximate surface area is 111 Å². The number of carbonyl (C=O) groups excluding carboxylic acids is 1. The predicted octanol–water partition coefficient (Wildman–Crippen LogP) is 1.84. The first kappa shape index (κ1) is 13.4. The summed E-state index contributed by atoms with van der Waals surface area (Å²) in [6.07, 6.45) is 3.58. The lowest BCUT2D eigenvalue weighted by Crippen LogP contribution is -2.37. The van der Waals surface area contributed by atoms with Gasteiger partial charge in [0.15, 0.2) is 0 Å². The summed E-state index contributed by atoms with van der Waals surface area (Å²) >= 11 is 0. The molecule has 5 nitrogen and oxygen atoms in total. The van der Waals surface area contributed by atoms with Crippen molar-refractivity contribution in [1.29, 1.82) is 0 Å². The molecule has 1 saturated carbocycles. The number of amides is 1. The third-order valence-electron chi connectivity index (χ3n) is 3.60. The Hall–Kier alpha value is -2.04. The number of aliphatic carboxylic acids is 1. The molecule has 2 rings (SSSR count). The molecular formula is C14H18N2O3. The fraction of sp³-hybridized carbons (Fsp3) is 0.429. The lowest BCUT2D eigenvalue weighted by molar-refractivity contribution is -0.143. The Morgan fingerprint density at radius 3 is 2.37 bits per heavy atom. The first-order chi connectivity index (χ1) is 9.08. The standard InChI is InChI=1S/C14H18N2O3/c15-13(17)9-5-7-10(8-6-9)16-12-4-2-1-3-11(12)14(18)19/h5-8,11-12,16H,1-4H2,(H2,15,17)(H,18,19). The highest BCUT2D eigenvalue weighted by Gasteiger charge is 2.30. The van der Waals surface area contributed by atoms with Crippen LogP contribution in [0.1, 0.15) is 36.0 Å². The fourth-order valence-corrected chi connectivity index (χ4v) is 2.54. The maximum Gasteiger partial charge on any atom is 0.308 e. The number of carbonyl (C=O) groups is 2. The van der Waals surface area contributed by atoms with E-state index in [1.54, 1.807) is 24.3 Å². The topological polar surface area (TPSA) is 92.4 Å². The molecule has 0 saturated heterocycles. The maximum atomic E-state index is 11.2. The number of hydrogen-bond acceptors (Lipinski definition) is 3. The van der Waals surface area contributed by atoms with E-state index < -0.39 is 11.9 Å². The van der Waals surface area contributed by atoms with E-state index in [2.05, 4.69) is 5.32 Å². The number of rotatable bonds is 4. The second kappa shape index (κ2) is 5.73. The first-order valence-corrected chi connectivity index (χ1v) is 6.47. The van der Waals surface area contributed by atoms with Crippen LogP contribution in [0, 0.1) is 5.92 Å². The zero-order valence-electron chi connectivity index (χ0n) is 10.6. The van der Waals surface area contributed by atoms with Gasteiger partial charge in [0.05, 0.1) is 5.92 Å². The summed E-state index contributed by atoms with van der Waals surface area (Å²) in [5.41, 5.74) is 6.44. The summed E-state index contributed by atoms with van der Waals surface area (Å²) in [7, 11) is 0. The molecule has 0 bridgehead atoms. The Morgan fingerprint density at radius 1 is 1.16 bits per heavy atom. The van der Waals surface area contributed by atoms with Crippen LogP contribution in [0.3, 0.4) is 0 Å². The Morgan fingerprint density at radius 2 is 1.79 bits per heavy atom. The van der Waals surface area contributed by atoms with Gasteiger partial charge in [0, 0.05) is 17.3 Å². The van der Waals surface area contributed by atoms with Crippen molar-refractivity contribution in [1.82, 2.24) is 0 Å². The van der Waals surface area contributed by atoms with Crippen LogP contribution in [0.4, 0.5) is 5.69 Å². The van der Waals surface area contributed by atoms with Gasteiger partial charge in [-0.2, -0.15) is 0 Å². The SMILES string of the molecule is NC(=O)c1ccc(NC2CCCCC2C(=O)O)cc1. The van der Waals surface area contributed by atoms with Crippen molar-refractivity contribution in [3.63, 3.8) is 0 Å². The largest absolute Gasteiger partial charge is 0.481 e. The zero-order chi connectivity index (χ0) is 13.8. The van der Waals surface area contributed by atoms with Crippen LogP contribution >= 0.6 is 0 Å². The van der Waals surface area contributed by atoms with Crippen molar-refractivity contribution in [2.45, 2.75) is 31.7 Å². The molecule has 19 heavy (non-hydrogen) atoms. The number of nitrogens with two attached hydrogens (primary N) is 1. The summed E-state index contributed by atoms with van der Waals surface area (Å²) in [6, 6.07) is 6.75. The number of hydrogen-bond donors (Lipinski definition) is 3. The highest BCUT2D eigenvalue weighted by atomic mass is 16.4. The molecule has 0 aromatic heterocycles. The van der Waals surface area contributed by atoms with Crippen LogP contribution in [-0.2, 0) is 4.79 Å². The third kappa shape index (κ3) is 3.24. The molecule has 0 heterocycles. The van der Waals surface area contributed by atoms with Crippen molar-refractivity contribution in [3.8, 4) is 0 Å². The summed E-state index contributed by atoms with van der Waals surface area (Å²) in [5, 5.41) is 12.4. The summed E-state index contributed by atoms with van der Waals surface area (Å²) in [5.74, 6) is -1.55. The Kier molecular flexibility index (Phi) is 4.04. The third-order valence-corrected chi connectivity index (χ3v) is 3.60. The minimum Gasteiger partial charge on any atom is -0.481 e. The molecule has 5 heteroatoms. The van der Waals surface area contributed by atoms with E-state index in [9.17, 15) is 14.7 Å². The molecule has 1 fully saturated rings. The number of primary amides is 1. The van der Waals surface area contributed by atoms with Crippen LogP contribution in [-0.4, -0.2) is 23.0 Å². The van der Waals surface area contributed by atoms with E-state index in [-0.39, 0.29) is 12.0 Å². The number of nitrogens with one attached hydrogen (secondary N) is 1. The van der Waals surface area contributed by atoms with E-state index in [4.69, 9.17) is 5.73 Å². The lowest BCUT2D eigenvalue weighted by Gasteiger charge is -2.30. The van der Waals surface area contributed by atoms with Gasteiger partial charge in [-0.25, -0.2) is 0 Å². The van der Waals surface area contributed by atoms with Gasteiger partial charge in [0.1, 0.15) is 0 Å². The molecule has 2 atom stereocenters. The van der Waals surface area contributed by atoms with Gasteiger partial charge in [-0.3, -0.25) is 9.59 Å². The molecule has 1 amide bonds. The molecule has 102 valence electrons. The number of anilines is 1. The van der Waals surface area contributed by atoms with E-state index in [0.717, 1.165) is 24.9 Å². The Balaban J connectivity index is 2.06. The summed E-state index contributed by atoms with van der Waals surface area (Å²) in [4.78, 5) is 22.2. The minimum absolute atomic E-state index is 0.0503. The van der Waals surface area contributed by atoms with Crippen molar-refractivity contribution in [2.75, 3.05) is 5.32 Å². The van der Waals surface area contributed by atoms with Crippen LogP contribution < -0.4 is 11.1 Å². The molecular weight excluding hydrogens is 244 g/mol. The average Bonchev–Trinajstić information content (AvgIpc) is 2.39. The van der Waals surface area contributed by atoms with Crippen molar-refractivity contribution < 1.29 is 14.7 Å². The van der Waals surface area contributed by atoms with Crippen LogP contribution in [0.5, 0.6) is 0 Å². The monoisotopic (exact) mass is 262 g/mol.